The summed E-state index contributed by atoms with van der Waals surface area (Å²) >= 11 is 0. The number of nitrogens with zero attached hydrogens (tertiary/aromatic N) is 2. The van der Waals surface area contributed by atoms with E-state index in [2.05, 4.69) is 23.4 Å². The van der Waals surface area contributed by atoms with Gasteiger partial charge in [-0.2, -0.15) is 4.31 Å². The quantitative estimate of drug-likeness (QED) is 0.627. The maximum atomic E-state index is 12.1. The van der Waals surface area contributed by atoms with Gasteiger partial charge in [-0.15, -0.1) is 13.2 Å². The Balaban J connectivity index is 2.49. The van der Waals surface area contributed by atoms with E-state index in [9.17, 15) is 8.42 Å². The molecule has 1 aliphatic heterocycles. The molecule has 0 amide bonds. The highest BCUT2D eigenvalue weighted by atomic mass is 32.2. The van der Waals surface area contributed by atoms with Crippen LogP contribution in [0.25, 0.3) is 0 Å². The standard InChI is InChI=1S/C12H23N3O2S/c1-3-7-15(8-4-2)18(16,17)12-11-14-9-5-13-6-10-14/h3-4,13H,1-2,5-12H2. The molecule has 1 heterocycles. The lowest BCUT2D eigenvalue weighted by Gasteiger charge is -2.28. The lowest BCUT2D eigenvalue weighted by Crippen LogP contribution is -2.46. The molecule has 0 spiro atoms. The average Bonchev–Trinajstić information content (AvgIpc) is 2.37. The highest BCUT2D eigenvalue weighted by Crippen LogP contribution is 2.03. The molecule has 0 aromatic heterocycles. The van der Waals surface area contributed by atoms with Crippen molar-refractivity contribution in [3.05, 3.63) is 25.3 Å². The van der Waals surface area contributed by atoms with Gasteiger partial charge in [0.2, 0.25) is 10.0 Å². The zero-order chi connectivity index (χ0) is 13.4. The molecule has 0 aliphatic carbocycles. The molecule has 18 heavy (non-hydrogen) atoms. The van der Waals surface area contributed by atoms with Gasteiger partial charge < -0.3 is 5.32 Å². The van der Waals surface area contributed by atoms with Crippen LogP contribution in [0.3, 0.4) is 0 Å². The molecule has 0 saturated carbocycles. The lowest BCUT2D eigenvalue weighted by molar-refractivity contribution is 0.252. The molecular weight excluding hydrogens is 250 g/mol. The number of hydrogen-bond donors (Lipinski definition) is 1. The predicted molar refractivity (Wildman–Crippen MR) is 75.1 cm³/mol. The molecule has 0 bridgehead atoms. The molecule has 1 saturated heterocycles. The van der Waals surface area contributed by atoms with Gasteiger partial charge in [-0.25, -0.2) is 8.42 Å². The van der Waals surface area contributed by atoms with Crippen LogP contribution in [-0.2, 0) is 10.0 Å². The van der Waals surface area contributed by atoms with Crippen LogP contribution in [0.1, 0.15) is 0 Å². The first kappa shape index (κ1) is 15.4. The molecule has 0 aromatic rings. The van der Waals surface area contributed by atoms with Crippen molar-refractivity contribution in [2.75, 3.05) is 51.6 Å². The number of sulfonamides is 1. The summed E-state index contributed by atoms with van der Waals surface area (Å²) in [7, 11) is -3.22. The van der Waals surface area contributed by atoms with Crippen LogP contribution < -0.4 is 5.32 Å². The summed E-state index contributed by atoms with van der Waals surface area (Å²) in [5.41, 5.74) is 0. The van der Waals surface area contributed by atoms with Gasteiger partial charge in [-0.1, -0.05) is 12.2 Å². The maximum absolute atomic E-state index is 12.1. The minimum atomic E-state index is -3.22. The van der Waals surface area contributed by atoms with Crippen LogP contribution in [0.4, 0.5) is 0 Å². The second kappa shape index (κ2) is 7.68. The molecule has 0 aromatic carbocycles. The van der Waals surface area contributed by atoms with E-state index in [1.807, 2.05) is 0 Å². The molecule has 0 atom stereocenters. The number of hydrogen-bond acceptors (Lipinski definition) is 4. The Labute approximate surface area is 110 Å². The molecule has 1 fully saturated rings. The summed E-state index contributed by atoms with van der Waals surface area (Å²) < 4.78 is 25.7. The fraction of sp³-hybridized carbons (Fsp3) is 0.667. The van der Waals surface area contributed by atoms with Crippen molar-refractivity contribution in [1.82, 2.24) is 14.5 Å². The molecule has 104 valence electrons. The first-order valence-corrected chi connectivity index (χ1v) is 7.83. The largest absolute Gasteiger partial charge is 0.314 e. The molecule has 5 nitrogen and oxygen atoms in total. The second-order valence-electron chi connectivity index (χ2n) is 4.30. The topological polar surface area (TPSA) is 52.7 Å². The second-order valence-corrected chi connectivity index (χ2v) is 6.39. The average molecular weight is 273 g/mol. The van der Waals surface area contributed by atoms with E-state index in [1.165, 1.54) is 4.31 Å². The van der Waals surface area contributed by atoms with Crippen LogP contribution in [0.2, 0.25) is 0 Å². The third kappa shape index (κ3) is 4.89. The van der Waals surface area contributed by atoms with Gasteiger partial charge in [-0.3, -0.25) is 4.90 Å². The third-order valence-electron chi connectivity index (χ3n) is 2.93. The summed E-state index contributed by atoms with van der Waals surface area (Å²) in [5, 5.41) is 3.25. The van der Waals surface area contributed by atoms with Crippen LogP contribution in [0, 0.1) is 0 Å². The van der Waals surface area contributed by atoms with E-state index in [1.54, 1.807) is 12.2 Å². The van der Waals surface area contributed by atoms with E-state index >= 15 is 0 Å². The van der Waals surface area contributed by atoms with Gasteiger partial charge in [0.25, 0.3) is 0 Å². The summed E-state index contributed by atoms with van der Waals surface area (Å²) in [6.07, 6.45) is 3.21. The highest BCUT2D eigenvalue weighted by Gasteiger charge is 2.21. The van der Waals surface area contributed by atoms with Gasteiger partial charge in [0.1, 0.15) is 0 Å². The van der Waals surface area contributed by atoms with E-state index in [0.717, 1.165) is 26.2 Å². The summed E-state index contributed by atoms with van der Waals surface area (Å²) in [6, 6.07) is 0. The molecule has 1 rings (SSSR count). The number of nitrogens with one attached hydrogen (secondary N) is 1. The van der Waals surface area contributed by atoms with E-state index in [0.29, 0.717) is 19.6 Å². The molecular formula is C12H23N3O2S. The van der Waals surface area contributed by atoms with E-state index in [4.69, 9.17) is 0 Å². The van der Waals surface area contributed by atoms with Crippen molar-refractivity contribution in [2.24, 2.45) is 0 Å². The van der Waals surface area contributed by atoms with Crippen LogP contribution in [0.15, 0.2) is 25.3 Å². The highest BCUT2D eigenvalue weighted by molar-refractivity contribution is 7.89. The minimum absolute atomic E-state index is 0.161. The Morgan fingerprint density at radius 1 is 1.17 bits per heavy atom. The maximum Gasteiger partial charge on any atom is 0.215 e. The monoisotopic (exact) mass is 273 g/mol. The Morgan fingerprint density at radius 3 is 2.22 bits per heavy atom. The number of piperazine rings is 1. The van der Waals surface area contributed by atoms with Crippen molar-refractivity contribution >= 4 is 10.0 Å². The lowest BCUT2D eigenvalue weighted by atomic mass is 10.4. The third-order valence-corrected chi connectivity index (χ3v) is 4.72. The fourth-order valence-electron chi connectivity index (χ4n) is 1.90. The normalized spacial score (nSPS) is 17.8. The zero-order valence-electron chi connectivity index (χ0n) is 10.8. The van der Waals surface area contributed by atoms with Gasteiger partial charge in [0.05, 0.1) is 5.75 Å². The van der Waals surface area contributed by atoms with Gasteiger partial charge in [-0.05, 0) is 0 Å². The van der Waals surface area contributed by atoms with Gasteiger partial charge in [0, 0.05) is 45.8 Å². The summed E-state index contributed by atoms with van der Waals surface area (Å²) in [4.78, 5) is 2.17. The van der Waals surface area contributed by atoms with Crippen molar-refractivity contribution in [1.29, 1.82) is 0 Å². The van der Waals surface area contributed by atoms with E-state index in [-0.39, 0.29) is 5.75 Å². The zero-order valence-corrected chi connectivity index (χ0v) is 11.7. The molecule has 1 aliphatic rings. The smallest absolute Gasteiger partial charge is 0.215 e. The molecule has 0 radical (unpaired) electrons. The van der Waals surface area contributed by atoms with Crippen LogP contribution >= 0.6 is 0 Å². The van der Waals surface area contributed by atoms with E-state index < -0.39 is 10.0 Å². The van der Waals surface area contributed by atoms with Crippen molar-refractivity contribution in [2.45, 2.75) is 0 Å². The SMILES string of the molecule is C=CCN(CC=C)S(=O)(=O)CCN1CCNCC1. The molecule has 1 N–H and O–H groups in total. The molecule has 6 heteroatoms. The Kier molecular flexibility index (Phi) is 6.56. The minimum Gasteiger partial charge on any atom is -0.314 e. The van der Waals surface area contributed by atoms with Gasteiger partial charge in [0.15, 0.2) is 0 Å². The van der Waals surface area contributed by atoms with Crippen molar-refractivity contribution < 1.29 is 8.42 Å². The Hall–Kier alpha value is -0.690. The van der Waals surface area contributed by atoms with Gasteiger partial charge >= 0.3 is 0 Å². The molecule has 0 unspecified atom stereocenters. The first-order chi connectivity index (χ1) is 8.60. The number of rotatable bonds is 8. The van der Waals surface area contributed by atoms with Crippen LogP contribution in [0.5, 0.6) is 0 Å². The predicted octanol–water partition coefficient (Wildman–Crippen LogP) is -0.105. The van der Waals surface area contributed by atoms with Crippen molar-refractivity contribution in [3.63, 3.8) is 0 Å². The Morgan fingerprint density at radius 2 is 1.72 bits per heavy atom. The Bertz CT molecular complexity index is 352. The van der Waals surface area contributed by atoms with Crippen LogP contribution in [-0.4, -0.2) is 69.2 Å². The fourth-order valence-corrected chi connectivity index (χ4v) is 3.31. The summed E-state index contributed by atoms with van der Waals surface area (Å²) in [6.45, 7) is 12.2. The van der Waals surface area contributed by atoms with Crippen molar-refractivity contribution in [3.8, 4) is 0 Å². The first-order valence-electron chi connectivity index (χ1n) is 6.23. The summed E-state index contributed by atoms with van der Waals surface area (Å²) in [5.74, 6) is 0.161.